The van der Waals surface area contributed by atoms with Crippen LogP contribution in [0.3, 0.4) is 0 Å². The van der Waals surface area contributed by atoms with Crippen molar-refractivity contribution in [2.75, 3.05) is 31.1 Å². The van der Waals surface area contributed by atoms with E-state index in [9.17, 15) is 27.6 Å². The molecule has 1 N–H and O–H groups in total. The first-order chi connectivity index (χ1) is 18.0. The molecule has 0 radical (unpaired) electrons. The smallest absolute Gasteiger partial charge is 0.449 e. The number of hydrogen-bond donors (Lipinski definition) is 1. The number of fused-ring (bicyclic) bond motifs is 1. The molecule has 38 heavy (non-hydrogen) atoms. The fraction of sp³-hybridized carbons (Fsp3) is 0.440. The van der Waals surface area contributed by atoms with Gasteiger partial charge >= 0.3 is 17.8 Å². The molecule has 0 bridgehead atoms. The molecule has 0 aliphatic carbocycles. The summed E-state index contributed by atoms with van der Waals surface area (Å²) in [5.74, 6) is -1.89. The zero-order chi connectivity index (χ0) is 27.6. The van der Waals surface area contributed by atoms with E-state index in [-0.39, 0.29) is 16.7 Å². The van der Waals surface area contributed by atoms with Crippen molar-refractivity contribution in [3.05, 3.63) is 68.4 Å². The second-order valence-corrected chi connectivity index (χ2v) is 9.27. The van der Waals surface area contributed by atoms with Gasteiger partial charge in [-0.05, 0) is 19.4 Å². The van der Waals surface area contributed by atoms with Crippen LogP contribution in [0.15, 0.2) is 51.6 Å². The van der Waals surface area contributed by atoms with E-state index in [1.54, 1.807) is 22.8 Å². The van der Waals surface area contributed by atoms with E-state index in [1.807, 2.05) is 24.8 Å². The molecule has 10 nitrogen and oxygen atoms in total. The van der Waals surface area contributed by atoms with Crippen molar-refractivity contribution in [3.63, 3.8) is 0 Å². The van der Waals surface area contributed by atoms with Gasteiger partial charge in [0.05, 0.1) is 6.54 Å². The van der Waals surface area contributed by atoms with Crippen LogP contribution < -0.4 is 21.5 Å². The summed E-state index contributed by atoms with van der Waals surface area (Å²) in [5.41, 5.74) is -0.0129. The van der Waals surface area contributed by atoms with Crippen molar-refractivity contribution < 1.29 is 22.7 Å². The maximum Gasteiger partial charge on any atom is 0.490 e. The van der Waals surface area contributed by atoms with Crippen LogP contribution in [0, 0.1) is 0 Å². The first-order valence-electron chi connectivity index (χ1n) is 12.1. The Balaban J connectivity index is 1.88. The van der Waals surface area contributed by atoms with Gasteiger partial charge in [-0.25, -0.2) is 9.59 Å². The van der Waals surface area contributed by atoms with Crippen LogP contribution in [0.1, 0.15) is 25.5 Å². The predicted octanol–water partition coefficient (Wildman–Crippen LogP) is 2.12. The number of piperazine rings is 1. The average molecular weight is 535 g/mol. The van der Waals surface area contributed by atoms with Gasteiger partial charge in [-0.15, -0.1) is 0 Å². The number of hydrogen-bond acceptors (Lipinski definition) is 7. The second-order valence-electron chi connectivity index (χ2n) is 9.27. The molecule has 4 rings (SSSR count). The highest BCUT2D eigenvalue weighted by molar-refractivity contribution is 5.76. The third-order valence-corrected chi connectivity index (χ3v) is 6.29. The molecule has 0 saturated carbocycles. The number of aromatic nitrogens is 4. The van der Waals surface area contributed by atoms with Gasteiger partial charge in [0.2, 0.25) is 5.95 Å². The monoisotopic (exact) mass is 534 g/mol. The van der Waals surface area contributed by atoms with E-state index in [0.29, 0.717) is 25.6 Å². The summed E-state index contributed by atoms with van der Waals surface area (Å²) >= 11 is 0. The van der Waals surface area contributed by atoms with Crippen LogP contribution in [-0.4, -0.2) is 57.0 Å². The Labute approximate surface area is 215 Å². The third kappa shape index (κ3) is 5.52. The number of aryl methyl sites for hydroxylation is 1. The molecule has 2 aromatic heterocycles. The lowest BCUT2D eigenvalue weighted by Crippen LogP contribution is -2.44. The molecular weight excluding hydrogens is 505 g/mol. The minimum atomic E-state index is -5.24. The third-order valence-electron chi connectivity index (χ3n) is 6.29. The van der Waals surface area contributed by atoms with Gasteiger partial charge in [0.1, 0.15) is 6.10 Å². The quantitative estimate of drug-likeness (QED) is 0.366. The molecular formula is C25H29F3N6O4. The number of rotatable bonds is 7. The molecule has 0 amide bonds. The number of imidazole rings is 1. The van der Waals surface area contributed by atoms with E-state index in [1.165, 1.54) is 23.7 Å². The van der Waals surface area contributed by atoms with E-state index in [0.717, 1.165) is 23.2 Å². The minimum absolute atomic E-state index is 0.132. The van der Waals surface area contributed by atoms with Gasteiger partial charge in [-0.3, -0.25) is 13.9 Å². The molecule has 1 saturated heterocycles. The Bertz CT molecular complexity index is 1460. The predicted molar refractivity (Wildman–Crippen MR) is 135 cm³/mol. The van der Waals surface area contributed by atoms with Crippen LogP contribution >= 0.6 is 0 Å². The average Bonchev–Trinajstić information content (AvgIpc) is 3.28. The Kier molecular flexibility index (Phi) is 7.76. The van der Waals surface area contributed by atoms with Crippen LogP contribution in [0.5, 0.6) is 0 Å². The summed E-state index contributed by atoms with van der Waals surface area (Å²) < 4.78 is 47.6. The number of nitrogens with zero attached hydrogens (tertiary/aromatic N) is 5. The summed E-state index contributed by atoms with van der Waals surface area (Å²) in [6.07, 6.45) is -4.86. The maximum absolute atomic E-state index is 13.8. The molecule has 1 aromatic carbocycles. The van der Waals surface area contributed by atoms with E-state index >= 15 is 0 Å². The highest BCUT2D eigenvalue weighted by Crippen LogP contribution is 2.26. The van der Waals surface area contributed by atoms with Crippen molar-refractivity contribution >= 4 is 23.1 Å². The minimum Gasteiger partial charge on any atom is -0.449 e. The van der Waals surface area contributed by atoms with Gasteiger partial charge < -0.3 is 19.5 Å². The normalized spacial score (nSPS) is 14.9. The van der Waals surface area contributed by atoms with Crippen LogP contribution in [0.4, 0.5) is 19.1 Å². The van der Waals surface area contributed by atoms with Crippen molar-refractivity contribution in [2.24, 2.45) is 7.05 Å². The Morgan fingerprint density at radius 1 is 1.13 bits per heavy atom. The standard InChI is InChI=1S/C25H29F3N6O4/c1-16(2)9-12-33-19-20(30-23(33)32-13-10-29-11-14-32)31(3)24(37)34(21(19)35)15-18(17-7-5-4-6-8-17)38-22(36)25(26,27)28/h4-9,18,29H,10-15H2,1-3H3. The summed E-state index contributed by atoms with van der Waals surface area (Å²) in [6.45, 7) is 6.25. The van der Waals surface area contributed by atoms with Gasteiger partial charge in [-0.2, -0.15) is 18.2 Å². The molecule has 1 atom stereocenters. The van der Waals surface area contributed by atoms with E-state index < -0.39 is 36.0 Å². The van der Waals surface area contributed by atoms with Crippen molar-refractivity contribution in [1.29, 1.82) is 0 Å². The molecule has 1 aliphatic heterocycles. The zero-order valence-corrected chi connectivity index (χ0v) is 21.3. The lowest BCUT2D eigenvalue weighted by Gasteiger charge is -2.28. The number of carbonyl (C=O) groups excluding carboxylic acids is 1. The van der Waals surface area contributed by atoms with Crippen LogP contribution in [-0.2, 0) is 29.7 Å². The summed E-state index contributed by atoms with van der Waals surface area (Å²) in [5, 5.41) is 3.26. The fourth-order valence-corrected chi connectivity index (χ4v) is 4.31. The topological polar surface area (TPSA) is 103 Å². The molecule has 204 valence electrons. The highest BCUT2D eigenvalue weighted by atomic mass is 19.4. The molecule has 3 heterocycles. The summed E-state index contributed by atoms with van der Waals surface area (Å²) in [6, 6.07) is 7.68. The zero-order valence-electron chi connectivity index (χ0n) is 21.3. The first-order valence-corrected chi connectivity index (χ1v) is 12.1. The van der Waals surface area contributed by atoms with Gasteiger partial charge in [0, 0.05) is 39.8 Å². The summed E-state index contributed by atoms with van der Waals surface area (Å²) in [4.78, 5) is 45.5. The Hall–Kier alpha value is -3.87. The van der Waals surface area contributed by atoms with E-state index in [4.69, 9.17) is 4.74 Å². The van der Waals surface area contributed by atoms with Crippen molar-refractivity contribution in [2.45, 2.75) is 39.2 Å². The van der Waals surface area contributed by atoms with Crippen LogP contribution in [0.25, 0.3) is 11.2 Å². The highest BCUT2D eigenvalue weighted by Gasteiger charge is 2.42. The molecule has 1 unspecified atom stereocenters. The molecule has 1 aliphatic rings. The van der Waals surface area contributed by atoms with Crippen LogP contribution in [0.2, 0.25) is 0 Å². The molecule has 3 aromatic rings. The molecule has 0 spiro atoms. The van der Waals surface area contributed by atoms with Gasteiger partial charge in [-0.1, -0.05) is 42.0 Å². The van der Waals surface area contributed by atoms with Crippen molar-refractivity contribution in [1.82, 2.24) is 24.0 Å². The number of esters is 1. The number of ether oxygens (including phenoxy) is 1. The summed E-state index contributed by atoms with van der Waals surface area (Å²) in [7, 11) is 1.44. The fourth-order valence-electron chi connectivity index (χ4n) is 4.31. The van der Waals surface area contributed by atoms with Gasteiger partial charge in [0.15, 0.2) is 11.2 Å². The number of halogens is 3. The largest absolute Gasteiger partial charge is 0.490 e. The molecule has 13 heteroatoms. The number of nitrogens with one attached hydrogen (secondary N) is 1. The lowest BCUT2D eigenvalue weighted by molar-refractivity contribution is -0.206. The SMILES string of the molecule is CC(C)=CCn1c(N2CCNCC2)nc2c1c(=O)n(CC(OC(=O)C(F)(F)F)c1ccccc1)c(=O)n2C. The molecule has 1 fully saturated rings. The van der Waals surface area contributed by atoms with E-state index in [2.05, 4.69) is 10.3 Å². The van der Waals surface area contributed by atoms with Gasteiger partial charge in [0.25, 0.3) is 5.56 Å². The lowest BCUT2D eigenvalue weighted by atomic mass is 10.1. The number of allylic oxidation sites excluding steroid dienone is 2. The first kappa shape index (κ1) is 27.2. The number of alkyl halides is 3. The Morgan fingerprint density at radius 3 is 2.39 bits per heavy atom. The Morgan fingerprint density at radius 2 is 1.79 bits per heavy atom. The number of carbonyl (C=O) groups is 1. The number of anilines is 1. The number of benzene rings is 1. The second kappa shape index (κ2) is 10.9. The maximum atomic E-state index is 13.8. The van der Waals surface area contributed by atoms with Crippen molar-refractivity contribution in [3.8, 4) is 0 Å².